The number of halogens is 1. The fourth-order valence-corrected chi connectivity index (χ4v) is 3.37. The number of hydrogen-bond donors (Lipinski definition) is 1. The number of nitrogens with zero attached hydrogens (tertiary/aromatic N) is 1. The van der Waals surface area contributed by atoms with Crippen molar-refractivity contribution in [3.05, 3.63) is 58.7 Å². The van der Waals surface area contributed by atoms with Crippen molar-refractivity contribution in [1.82, 2.24) is 4.90 Å². The average Bonchev–Trinajstić information content (AvgIpc) is 3.00. The number of methoxy groups -OCH3 is 2. The second-order valence-corrected chi connectivity index (χ2v) is 7.28. The van der Waals surface area contributed by atoms with Crippen molar-refractivity contribution < 1.29 is 23.8 Å². The van der Waals surface area contributed by atoms with Gasteiger partial charge in [-0.3, -0.25) is 14.5 Å². The van der Waals surface area contributed by atoms with Gasteiger partial charge in [-0.15, -0.1) is 0 Å². The molecule has 0 atom stereocenters. The van der Waals surface area contributed by atoms with Crippen LogP contribution in [0.5, 0.6) is 11.5 Å². The van der Waals surface area contributed by atoms with E-state index >= 15 is 0 Å². The molecule has 0 bridgehead atoms. The Morgan fingerprint density at radius 2 is 1.74 bits per heavy atom. The summed E-state index contributed by atoms with van der Waals surface area (Å²) in [7, 11) is 3.04. The van der Waals surface area contributed by atoms with Gasteiger partial charge >= 0.3 is 0 Å². The number of imide groups is 1. The first kappa shape index (κ1) is 22.7. The van der Waals surface area contributed by atoms with Gasteiger partial charge in [-0.2, -0.15) is 0 Å². The van der Waals surface area contributed by atoms with Crippen molar-refractivity contribution in [2.75, 3.05) is 39.3 Å². The first-order valence-corrected chi connectivity index (χ1v) is 10.3. The monoisotopic (exact) mass is 444 g/mol. The molecule has 0 spiro atoms. The summed E-state index contributed by atoms with van der Waals surface area (Å²) in [5, 5.41) is 3.54. The second kappa shape index (κ2) is 10.3. The molecule has 0 saturated heterocycles. The molecule has 0 radical (unpaired) electrons. The molecule has 0 fully saturated rings. The minimum Gasteiger partial charge on any atom is -0.495 e. The highest BCUT2D eigenvalue weighted by Crippen LogP contribution is 2.35. The lowest BCUT2D eigenvalue weighted by Gasteiger charge is -2.15. The maximum atomic E-state index is 13.2. The molecule has 1 aliphatic heterocycles. The summed E-state index contributed by atoms with van der Waals surface area (Å²) in [5.74, 6) is 0.360. The lowest BCUT2D eigenvalue weighted by molar-refractivity contribution is -0.137. The summed E-state index contributed by atoms with van der Waals surface area (Å²) < 4.78 is 16.0. The summed E-state index contributed by atoms with van der Waals surface area (Å²) in [6.07, 6.45) is 0.893. The number of amides is 2. The Balaban J connectivity index is 2.02. The van der Waals surface area contributed by atoms with Gasteiger partial charge in [0, 0.05) is 12.1 Å². The summed E-state index contributed by atoms with van der Waals surface area (Å²) >= 11 is 6.13. The van der Waals surface area contributed by atoms with Crippen LogP contribution in [0.4, 0.5) is 5.69 Å². The number of ether oxygens (including phenoxy) is 3. The van der Waals surface area contributed by atoms with E-state index in [2.05, 4.69) is 5.32 Å². The number of anilines is 1. The van der Waals surface area contributed by atoms with E-state index in [0.717, 1.165) is 6.42 Å². The standard InChI is InChI=1S/C23H25ClN2O5/c1-4-12-31-17-8-5-15(6-9-17)20-21(23(28)26(22(20)27)11-13-29-2)25-18-14-16(24)7-10-19(18)30-3/h5-10,14,25H,4,11-13H2,1-3H3. The van der Waals surface area contributed by atoms with E-state index in [4.69, 9.17) is 25.8 Å². The topological polar surface area (TPSA) is 77.1 Å². The fraction of sp³-hybridized carbons (Fsp3) is 0.304. The van der Waals surface area contributed by atoms with Crippen LogP contribution in [0.15, 0.2) is 48.2 Å². The van der Waals surface area contributed by atoms with Gasteiger partial charge in [-0.25, -0.2) is 0 Å². The van der Waals surface area contributed by atoms with Crippen molar-refractivity contribution in [1.29, 1.82) is 0 Å². The molecule has 1 heterocycles. The molecule has 7 nitrogen and oxygen atoms in total. The third-order valence-corrected chi connectivity index (χ3v) is 4.96. The predicted molar refractivity (Wildman–Crippen MR) is 119 cm³/mol. The van der Waals surface area contributed by atoms with Crippen molar-refractivity contribution in [3.8, 4) is 11.5 Å². The van der Waals surface area contributed by atoms with Crippen LogP contribution in [0.25, 0.3) is 5.57 Å². The lowest BCUT2D eigenvalue weighted by Crippen LogP contribution is -2.35. The van der Waals surface area contributed by atoms with Gasteiger partial charge in [-0.05, 0) is 42.3 Å². The number of carbonyl (C=O) groups is 2. The number of rotatable bonds is 10. The Morgan fingerprint density at radius 1 is 1.00 bits per heavy atom. The molecule has 2 amide bonds. The first-order valence-electron chi connectivity index (χ1n) is 9.93. The zero-order chi connectivity index (χ0) is 22.4. The Hall–Kier alpha value is -3.03. The normalized spacial score (nSPS) is 13.7. The zero-order valence-electron chi connectivity index (χ0n) is 17.7. The smallest absolute Gasteiger partial charge is 0.278 e. The van der Waals surface area contributed by atoms with Crippen LogP contribution in [-0.4, -0.2) is 50.7 Å². The van der Waals surface area contributed by atoms with Gasteiger partial charge in [0.05, 0.1) is 38.1 Å². The molecule has 2 aromatic carbocycles. The van der Waals surface area contributed by atoms with Gasteiger partial charge < -0.3 is 19.5 Å². The van der Waals surface area contributed by atoms with Crippen LogP contribution >= 0.6 is 11.6 Å². The Morgan fingerprint density at radius 3 is 2.39 bits per heavy atom. The number of hydrogen-bond acceptors (Lipinski definition) is 6. The molecule has 31 heavy (non-hydrogen) atoms. The van der Waals surface area contributed by atoms with E-state index < -0.39 is 11.8 Å². The quantitative estimate of drug-likeness (QED) is 0.558. The molecule has 8 heteroatoms. The van der Waals surface area contributed by atoms with Crippen LogP contribution < -0.4 is 14.8 Å². The predicted octanol–water partition coefficient (Wildman–Crippen LogP) is 3.98. The summed E-state index contributed by atoms with van der Waals surface area (Å²) in [6, 6.07) is 12.1. The molecular formula is C23H25ClN2O5. The lowest BCUT2D eigenvalue weighted by atomic mass is 10.0. The fourth-order valence-electron chi connectivity index (χ4n) is 3.20. The van der Waals surface area contributed by atoms with E-state index in [1.165, 1.54) is 19.1 Å². The molecule has 3 rings (SSSR count). The third kappa shape index (κ3) is 5.00. The van der Waals surface area contributed by atoms with Gasteiger partial charge in [0.2, 0.25) is 0 Å². The van der Waals surface area contributed by atoms with Crippen molar-refractivity contribution in [3.63, 3.8) is 0 Å². The number of benzene rings is 2. The van der Waals surface area contributed by atoms with Crippen LogP contribution in [0.2, 0.25) is 5.02 Å². The molecule has 1 aliphatic rings. The minimum absolute atomic E-state index is 0.146. The maximum absolute atomic E-state index is 13.2. The van der Waals surface area contributed by atoms with E-state index in [1.54, 1.807) is 42.5 Å². The highest BCUT2D eigenvalue weighted by atomic mass is 35.5. The summed E-state index contributed by atoms with van der Waals surface area (Å²) in [5.41, 5.74) is 1.51. The van der Waals surface area contributed by atoms with Crippen LogP contribution in [-0.2, 0) is 14.3 Å². The van der Waals surface area contributed by atoms with E-state index in [0.29, 0.717) is 34.4 Å². The van der Waals surface area contributed by atoms with Crippen molar-refractivity contribution in [2.45, 2.75) is 13.3 Å². The number of carbonyl (C=O) groups excluding carboxylic acids is 2. The second-order valence-electron chi connectivity index (χ2n) is 6.85. The van der Waals surface area contributed by atoms with Crippen molar-refractivity contribution >= 4 is 34.7 Å². The molecule has 164 valence electrons. The third-order valence-electron chi connectivity index (χ3n) is 4.72. The van der Waals surface area contributed by atoms with Gasteiger partial charge in [-0.1, -0.05) is 30.7 Å². The molecule has 0 saturated carbocycles. The largest absolute Gasteiger partial charge is 0.495 e. The zero-order valence-corrected chi connectivity index (χ0v) is 18.5. The maximum Gasteiger partial charge on any atom is 0.278 e. The highest BCUT2D eigenvalue weighted by Gasteiger charge is 2.39. The van der Waals surface area contributed by atoms with E-state index in [9.17, 15) is 9.59 Å². The van der Waals surface area contributed by atoms with Crippen LogP contribution in [0, 0.1) is 0 Å². The van der Waals surface area contributed by atoms with E-state index in [1.807, 2.05) is 6.92 Å². The Labute approximate surface area is 186 Å². The van der Waals surface area contributed by atoms with Crippen LogP contribution in [0.1, 0.15) is 18.9 Å². The van der Waals surface area contributed by atoms with Crippen LogP contribution in [0.3, 0.4) is 0 Å². The molecule has 0 aromatic heterocycles. The van der Waals surface area contributed by atoms with Crippen molar-refractivity contribution in [2.24, 2.45) is 0 Å². The molecular weight excluding hydrogens is 420 g/mol. The Kier molecular flexibility index (Phi) is 7.55. The highest BCUT2D eigenvalue weighted by molar-refractivity contribution is 6.36. The molecule has 1 N–H and O–H groups in total. The molecule has 0 aliphatic carbocycles. The Bertz CT molecular complexity index is 988. The molecule has 2 aromatic rings. The first-order chi connectivity index (χ1) is 15.0. The van der Waals surface area contributed by atoms with Gasteiger partial charge in [0.25, 0.3) is 11.8 Å². The average molecular weight is 445 g/mol. The summed E-state index contributed by atoms with van der Waals surface area (Å²) in [6.45, 7) is 3.01. The van der Waals surface area contributed by atoms with E-state index in [-0.39, 0.29) is 24.4 Å². The van der Waals surface area contributed by atoms with Gasteiger partial charge in [0.15, 0.2) is 0 Å². The SMILES string of the molecule is CCCOc1ccc(C2=C(Nc3cc(Cl)ccc3OC)C(=O)N(CCOC)C2=O)cc1. The minimum atomic E-state index is -0.439. The van der Waals surface area contributed by atoms with Gasteiger partial charge in [0.1, 0.15) is 17.2 Å². The summed E-state index contributed by atoms with van der Waals surface area (Å²) in [4.78, 5) is 27.5. The number of nitrogens with one attached hydrogen (secondary N) is 1. The molecule has 0 unspecified atom stereocenters.